The van der Waals surface area contributed by atoms with Gasteiger partial charge in [0.15, 0.2) is 0 Å². The quantitative estimate of drug-likeness (QED) is 0.543. The predicted molar refractivity (Wildman–Crippen MR) is 61.1 cm³/mol. The van der Waals surface area contributed by atoms with Crippen molar-refractivity contribution in [2.75, 3.05) is 19.7 Å². The Morgan fingerprint density at radius 2 is 2.38 bits per heavy atom. The van der Waals surface area contributed by atoms with Crippen LogP contribution in [0.15, 0.2) is 11.6 Å². The molecule has 90 valence electrons. The van der Waals surface area contributed by atoms with E-state index in [0.717, 1.165) is 12.7 Å². The first-order valence-corrected chi connectivity index (χ1v) is 5.76. The highest BCUT2D eigenvalue weighted by Crippen LogP contribution is 2.19. The molecule has 0 saturated heterocycles. The largest absolute Gasteiger partial charge is 0.450 e. The van der Waals surface area contributed by atoms with Crippen molar-refractivity contribution in [2.24, 2.45) is 5.92 Å². The van der Waals surface area contributed by atoms with Gasteiger partial charge in [-0.25, -0.2) is 4.79 Å². The van der Waals surface area contributed by atoms with Gasteiger partial charge in [0.25, 0.3) is 0 Å². The zero-order chi connectivity index (χ0) is 12.0. The summed E-state index contributed by atoms with van der Waals surface area (Å²) in [7, 11) is 0. The molecule has 4 nitrogen and oxygen atoms in total. The highest BCUT2D eigenvalue weighted by Gasteiger charge is 2.23. The third kappa shape index (κ3) is 3.36. The molecule has 0 aromatic carbocycles. The summed E-state index contributed by atoms with van der Waals surface area (Å²) in [5, 5.41) is 0. The molecule has 1 amide bonds. The molecule has 0 bridgehead atoms. The van der Waals surface area contributed by atoms with Gasteiger partial charge in [-0.05, 0) is 13.3 Å². The van der Waals surface area contributed by atoms with Crippen molar-refractivity contribution in [1.82, 2.24) is 4.90 Å². The van der Waals surface area contributed by atoms with Crippen LogP contribution in [0.2, 0.25) is 0 Å². The first-order valence-electron chi connectivity index (χ1n) is 5.76. The number of hydrogen-bond acceptors (Lipinski definition) is 3. The smallest absolute Gasteiger partial charge is 0.410 e. The summed E-state index contributed by atoms with van der Waals surface area (Å²) in [6, 6.07) is 0. The lowest BCUT2D eigenvalue weighted by Crippen LogP contribution is -2.40. The van der Waals surface area contributed by atoms with E-state index in [1.54, 1.807) is 11.8 Å². The Bertz CT molecular complexity index is 286. The fourth-order valence-corrected chi connectivity index (χ4v) is 1.88. The van der Waals surface area contributed by atoms with Gasteiger partial charge in [-0.15, -0.1) is 0 Å². The Kier molecular flexibility index (Phi) is 5.02. The third-order valence-electron chi connectivity index (χ3n) is 2.70. The molecule has 0 fully saturated rings. The van der Waals surface area contributed by atoms with Crippen LogP contribution in [-0.4, -0.2) is 37.0 Å². The standard InChI is InChI=1S/C12H19NO3/c1-3-10-7-11(5-6-14)9-13(8-10)12(15)16-4-2/h6-7,11H,3-5,8-9H2,1-2H3. The van der Waals surface area contributed by atoms with E-state index in [2.05, 4.69) is 13.0 Å². The minimum absolute atomic E-state index is 0.144. The number of rotatable bonds is 4. The van der Waals surface area contributed by atoms with E-state index in [9.17, 15) is 9.59 Å². The van der Waals surface area contributed by atoms with Gasteiger partial charge in [0.1, 0.15) is 6.29 Å². The highest BCUT2D eigenvalue weighted by atomic mass is 16.6. The molecule has 1 rings (SSSR count). The second kappa shape index (κ2) is 6.30. The second-order valence-corrected chi connectivity index (χ2v) is 3.92. The Morgan fingerprint density at radius 3 is 2.94 bits per heavy atom. The fraction of sp³-hybridized carbons (Fsp3) is 0.667. The third-order valence-corrected chi connectivity index (χ3v) is 2.70. The van der Waals surface area contributed by atoms with Crippen LogP contribution in [-0.2, 0) is 9.53 Å². The van der Waals surface area contributed by atoms with E-state index in [1.807, 2.05) is 0 Å². The van der Waals surface area contributed by atoms with Gasteiger partial charge in [0, 0.05) is 25.4 Å². The van der Waals surface area contributed by atoms with Gasteiger partial charge in [-0.2, -0.15) is 0 Å². The molecule has 0 aliphatic carbocycles. The van der Waals surface area contributed by atoms with Crippen molar-refractivity contribution in [1.29, 1.82) is 0 Å². The van der Waals surface area contributed by atoms with Gasteiger partial charge in [-0.3, -0.25) is 0 Å². The number of carbonyl (C=O) groups is 2. The highest BCUT2D eigenvalue weighted by molar-refractivity contribution is 5.68. The molecule has 0 spiro atoms. The molecule has 1 aliphatic heterocycles. The summed E-state index contributed by atoms with van der Waals surface area (Å²) < 4.78 is 4.97. The number of ether oxygens (including phenoxy) is 1. The lowest BCUT2D eigenvalue weighted by atomic mass is 9.96. The normalized spacial score (nSPS) is 20.2. The van der Waals surface area contributed by atoms with E-state index < -0.39 is 0 Å². The van der Waals surface area contributed by atoms with Crippen LogP contribution >= 0.6 is 0 Å². The predicted octanol–water partition coefficient (Wildman–Crippen LogP) is 2.00. The van der Waals surface area contributed by atoms with E-state index >= 15 is 0 Å². The van der Waals surface area contributed by atoms with E-state index in [4.69, 9.17) is 4.74 Å². The first kappa shape index (κ1) is 12.7. The van der Waals surface area contributed by atoms with Crippen LogP contribution in [0.25, 0.3) is 0 Å². The van der Waals surface area contributed by atoms with Crippen molar-refractivity contribution >= 4 is 12.4 Å². The Morgan fingerprint density at radius 1 is 1.62 bits per heavy atom. The maximum atomic E-state index is 11.6. The summed E-state index contributed by atoms with van der Waals surface area (Å²) in [6.45, 7) is 5.45. The molecule has 0 radical (unpaired) electrons. The maximum absolute atomic E-state index is 11.6. The zero-order valence-corrected chi connectivity index (χ0v) is 9.94. The van der Waals surface area contributed by atoms with Gasteiger partial charge >= 0.3 is 6.09 Å². The van der Waals surface area contributed by atoms with Crippen molar-refractivity contribution in [2.45, 2.75) is 26.7 Å². The molecule has 1 heterocycles. The van der Waals surface area contributed by atoms with Gasteiger partial charge < -0.3 is 14.4 Å². The topological polar surface area (TPSA) is 46.6 Å². The molecule has 16 heavy (non-hydrogen) atoms. The Hall–Kier alpha value is -1.32. The molecule has 0 saturated carbocycles. The molecule has 1 unspecified atom stereocenters. The molecule has 4 heteroatoms. The lowest BCUT2D eigenvalue weighted by molar-refractivity contribution is -0.108. The first-order chi connectivity index (χ1) is 7.71. The summed E-state index contributed by atoms with van der Waals surface area (Å²) in [6.07, 6.45) is 4.12. The van der Waals surface area contributed by atoms with Crippen molar-refractivity contribution < 1.29 is 14.3 Å². The Labute approximate surface area is 96.3 Å². The van der Waals surface area contributed by atoms with Crippen molar-refractivity contribution in [3.63, 3.8) is 0 Å². The summed E-state index contributed by atoms with van der Waals surface area (Å²) in [5.41, 5.74) is 1.20. The monoisotopic (exact) mass is 225 g/mol. The number of hydrogen-bond donors (Lipinski definition) is 0. The average molecular weight is 225 g/mol. The van der Waals surface area contributed by atoms with E-state index in [-0.39, 0.29) is 12.0 Å². The summed E-state index contributed by atoms with van der Waals surface area (Å²) in [4.78, 5) is 23.8. The summed E-state index contributed by atoms with van der Waals surface area (Å²) in [5.74, 6) is 0.144. The van der Waals surface area contributed by atoms with Crippen LogP contribution in [0, 0.1) is 5.92 Å². The zero-order valence-electron chi connectivity index (χ0n) is 9.94. The van der Waals surface area contributed by atoms with Crippen LogP contribution in [0.1, 0.15) is 26.7 Å². The molecule has 0 aromatic heterocycles. The molecule has 1 atom stereocenters. The van der Waals surface area contributed by atoms with Crippen molar-refractivity contribution in [3.05, 3.63) is 11.6 Å². The number of carbonyl (C=O) groups excluding carboxylic acids is 2. The maximum Gasteiger partial charge on any atom is 0.410 e. The molecule has 1 aliphatic rings. The van der Waals surface area contributed by atoms with E-state index in [0.29, 0.717) is 26.1 Å². The second-order valence-electron chi connectivity index (χ2n) is 3.92. The molecule has 0 N–H and O–H groups in total. The van der Waals surface area contributed by atoms with Gasteiger partial charge in [0.05, 0.1) is 6.61 Å². The van der Waals surface area contributed by atoms with Crippen LogP contribution < -0.4 is 0 Å². The SMILES string of the molecule is CCOC(=O)N1CC(CC)=CC(CC=O)C1. The average Bonchev–Trinajstić information content (AvgIpc) is 2.29. The van der Waals surface area contributed by atoms with Gasteiger partial charge in [-0.1, -0.05) is 18.6 Å². The Balaban J connectivity index is 2.66. The number of aldehydes is 1. The number of nitrogens with zero attached hydrogens (tertiary/aromatic N) is 1. The van der Waals surface area contributed by atoms with Gasteiger partial charge in [0.2, 0.25) is 0 Å². The molecular formula is C12H19NO3. The minimum Gasteiger partial charge on any atom is -0.450 e. The summed E-state index contributed by atoms with van der Waals surface area (Å²) >= 11 is 0. The number of amides is 1. The molecule has 0 aromatic rings. The molecular weight excluding hydrogens is 206 g/mol. The minimum atomic E-state index is -0.280. The fourth-order valence-electron chi connectivity index (χ4n) is 1.88. The van der Waals surface area contributed by atoms with Crippen LogP contribution in [0.4, 0.5) is 4.79 Å². The lowest BCUT2D eigenvalue weighted by Gasteiger charge is -2.30. The van der Waals surface area contributed by atoms with Crippen LogP contribution in [0.5, 0.6) is 0 Å². The van der Waals surface area contributed by atoms with E-state index in [1.165, 1.54) is 5.57 Å². The van der Waals surface area contributed by atoms with Crippen molar-refractivity contribution in [3.8, 4) is 0 Å². The van der Waals surface area contributed by atoms with Crippen LogP contribution in [0.3, 0.4) is 0 Å².